The van der Waals surface area contributed by atoms with Gasteiger partial charge in [0.2, 0.25) is 0 Å². The molecule has 182 valence electrons. The number of nitrogens with zero attached hydrogens (tertiary/aromatic N) is 2. The topological polar surface area (TPSA) is 161 Å². The number of nitro benzene ring substituents is 2. The Labute approximate surface area is 209 Å². The Hall–Kier alpha value is -4.41. The summed E-state index contributed by atoms with van der Waals surface area (Å²) in [4.78, 5) is 22.7. The molecule has 0 aliphatic heterocycles. The molecule has 4 rings (SSSR count). The SMILES string of the molecule is Cc1ccc([S+]([O-])c2ccc(C)cc2-c2ccc(N)c([N+](=O)[O-])c2)c(-c2ccc(N)c([N+](=O)[O-])c2)c1. The number of aryl methyl sites for hydroxylation is 2. The highest BCUT2D eigenvalue weighted by Crippen LogP contribution is 2.39. The minimum atomic E-state index is -1.73. The summed E-state index contributed by atoms with van der Waals surface area (Å²) in [6, 6.07) is 19.6. The van der Waals surface area contributed by atoms with Crippen LogP contribution in [0.5, 0.6) is 0 Å². The van der Waals surface area contributed by atoms with Gasteiger partial charge in [0.05, 0.1) is 9.85 Å². The average molecular weight is 503 g/mol. The van der Waals surface area contributed by atoms with E-state index in [4.69, 9.17) is 11.5 Å². The van der Waals surface area contributed by atoms with Crippen molar-refractivity contribution in [2.45, 2.75) is 23.6 Å². The Balaban J connectivity index is 1.90. The van der Waals surface area contributed by atoms with Gasteiger partial charge in [-0.15, -0.1) is 0 Å². The van der Waals surface area contributed by atoms with Crippen molar-refractivity contribution in [3.63, 3.8) is 0 Å². The molecule has 10 heteroatoms. The second-order valence-corrected chi connectivity index (χ2v) is 9.75. The van der Waals surface area contributed by atoms with Gasteiger partial charge in [-0.3, -0.25) is 20.2 Å². The third kappa shape index (κ3) is 4.72. The van der Waals surface area contributed by atoms with E-state index in [9.17, 15) is 24.8 Å². The molecule has 0 saturated carbocycles. The Morgan fingerprint density at radius 2 is 1.03 bits per heavy atom. The molecule has 4 aromatic carbocycles. The molecule has 9 nitrogen and oxygen atoms in total. The number of rotatable bonds is 6. The van der Waals surface area contributed by atoms with Crippen LogP contribution in [-0.4, -0.2) is 14.4 Å². The van der Waals surface area contributed by atoms with Crippen LogP contribution >= 0.6 is 0 Å². The van der Waals surface area contributed by atoms with Gasteiger partial charge >= 0.3 is 0 Å². The predicted octanol–water partition coefficient (Wildman–Crippen LogP) is 5.78. The van der Waals surface area contributed by atoms with Crippen molar-refractivity contribution in [1.29, 1.82) is 0 Å². The van der Waals surface area contributed by atoms with Crippen LogP contribution in [0.15, 0.2) is 82.6 Å². The van der Waals surface area contributed by atoms with Crippen molar-refractivity contribution in [2.24, 2.45) is 0 Å². The van der Waals surface area contributed by atoms with Crippen LogP contribution in [-0.2, 0) is 11.2 Å². The van der Waals surface area contributed by atoms with Gasteiger partial charge in [-0.25, -0.2) is 0 Å². The zero-order chi connectivity index (χ0) is 26.1. The predicted molar refractivity (Wildman–Crippen MR) is 140 cm³/mol. The molecule has 0 aliphatic carbocycles. The summed E-state index contributed by atoms with van der Waals surface area (Å²) in [7, 11) is 0. The monoisotopic (exact) mass is 502 g/mol. The zero-order valence-electron chi connectivity index (χ0n) is 19.4. The molecule has 0 amide bonds. The highest BCUT2D eigenvalue weighted by atomic mass is 32.2. The number of anilines is 2. The molecule has 4 aromatic rings. The fraction of sp³-hybridized carbons (Fsp3) is 0.0769. The first-order valence-corrected chi connectivity index (χ1v) is 11.9. The van der Waals surface area contributed by atoms with Crippen molar-refractivity contribution in [3.05, 3.63) is 104 Å². The molecule has 0 bridgehead atoms. The van der Waals surface area contributed by atoms with Crippen molar-refractivity contribution >= 4 is 33.9 Å². The smallest absolute Gasteiger partial charge is 0.292 e. The number of nitrogens with two attached hydrogens (primary N) is 2. The highest BCUT2D eigenvalue weighted by molar-refractivity contribution is 7.91. The van der Waals surface area contributed by atoms with Crippen LogP contribution in [0.4, 0.5) is 22.7 Å². The minimum absolute atomic E-state index is 0.0323. The molecule has 0 aliphatic rings. The Morgan fingerprint density at radius 1 is 0.639 bits per heavy atom. The van der Waals surface area contributed by atoms with Crippen molar-refractivity contribution in [1.82, 2.24) is 0 Å². The molecule has 0 heterocycles. The lowest BCUT2D eigenvalue weighted by molar-refractivity contribution is -0.384. The van der Waals surface area contributed by atoms with E-state index in [-0.39, 0.29) is 22.7 Å². The maximum atomic E-state index is 14.0. The molecule has 0 spiro atoms. The molecule has 36 heavy (non-hydrogen) atoms. The van der Waals surface area contributed by atoms with Crippen molar-refractivity contribution in [3.8, 4) is 22.3 Å². The summed E-state index contributed by atoms with van der Waals surface area (Å²) in [5.41, 5.74) is 15.0. The van der Waals surface area contributed by atoms with Gasteiger partial charge in [0.1, 0.15) is 11.4 Å². The third-order valence-electron chi connectivity index (χ3n) is 5.75. The summed E-state index contributed by atoms with van der Waals surface area (Å²) >= 11 is -1.73. The van der Waals surface area contributed by atoms with Gasteiger partial charge in [0, 0.05) is 34.4 Å². The first kappa shape index (κ1) is 24.7. The number of hydrogen-bond donors (Lipinski definition) is 2. The van der Waals surface area contributed by atoms with Crippen LogP contribution in [0.3, 0.4) is 0 Å². The first-order chi connectivity index (χ1) is 17.1. The van der Waals surface area contributed by atoms with Gasteiger partial charge in [-0.2, -0.15) is 0 Å². The van der Waals surface area contributed by atoms with E-state index in [1.807, 2.05) is 38.1 Å². The average Bonchev–Trinajstić information content (AvgIpc) is 2.84. The molecule has 0 fully saturated rings. The lowest BCUT2D eigenvalue weighted by Crippen LogP contribution is -2.07. The van der Waals surface area contributed by atoms with Gasteiger partial charge in [0.15, 0.2) is 9.79 Å². The standard InChI is InChI=1S/C26H22N4O5S/c1-15-3-9-25(19(11-15)17-5-7-21(27)23(13-17)29(31)32)36(35)26-10-4-16(2)12-20(26)18-6-8-22(28)24(14-18)30(33)34/h3-14H,27-28H2,1-2H3. The summed E-state index contributed by atoms with van der Waals surface area (Å²) < 4.78 is 14.0. The van der Waals surface area contributed by atoms with Crippen LogP contribution in [0.2, 0.25) is 0 Å². The second kappa shape index (κ2) is 9.68. The second-order valence-electron chi connectivity index (χ2n) is 8.33. The fourth-order valence-corrected chi connectivity index (χ4v) is 5.29. The van der Waals surface area contributed by atoms with Crippen molar-refractivity contribution in [2.75, 3.05) is 11.5 Å². The Kier molecular flexibility index (Phi) is 6.65. The molecule has 4 N–H and O–H groups in total. The molecule has 0 atom stereocenters. The maximum absolute atomic E-state index is 14.0. The molecule has 0 unspecified atom stereocenters. The lowest BCUT2D eigenvalue weighted by atomic mass is 10.0. The molecular formula is C26H22N4O5S. The summed E-state index contributed by atoms with van der Waals surface area (Å²) in [5, 5.41) is 22.9. The summed E-state index contributed by atoms with van der Waals surface area (Å²) in [5.74, 6) is 0. The van der Waals surface area contributed by atoms with Crippen LogP contribution in [0.1, 0.15) is 11.1 Å². The summed E-state index contributed by atoms with van der Waals surface area (Å²) in [6.07, 6.45) is 0. The summed E-state index contributed by atoms with van der Waals surface area (Å²) in [6.45, 7) is 3.74. The molecule has 0 aromatic heterocycles. The van der Waals surface area contributed by atoms with Gasteiger partial charge < -0.3 is 16.0 Å². The van der Waals surface area contributed by atoms with E-state index in [0.29, 0.717) is 32.0 Å². The number of hydrogen-bond acceptors (Lipinski definition) is 7. The van der Waals surface area contributed by atoms with Crippen LogP contribution in [0.25, 0.3) is 22.3 Å². The quantitative estimate of drug-likeness (QED) is 0.146. The van der Waals surface area contributed by atoms with E-state index in [2.05, 4.69) is 0 Å². The number of nitro groups is 2. The molecule has 0 radical (unpaired) electrons. The van der Waals surface area contributed by atoms with Gasteiger partial charge in [0.25, 0.3) is 11.4 Å². The van der Waals surface area contributed by atoms with Gasteiger partial charge in [-0.05, 0) is 61.4 Å². The van der Waals surface area contributed by atoms with E-state index in [1.54, 1.807) is 24.3 Å². The van der Waals surface area contributed by atoms with E-state index in [0.717, 1.165) is 11.1 Å². The molecular weight excluding hydrogens is 480 g/mol. The highest BCUT2D eigenvalue weighted by Gasteiger charge is 2.26. The normalized spacial score (nSPS) is 11.0. The number of nitrogen functional groups attached to an aromatic ring is 2. The maximum Gasteiger partial charge on any atom is 0.292 e. The zero-order valence-corrected chi connectivity index (χ0v) is 20.2. The Bertz CT molecular complexity index is 1410. The van der Waals surface area contributed by atoms with Gasteiger partial charge in [-0.1, -0.05) is 35.4 Å². The first-order valence-electron chi connectivity index (χ1n) is 10.8. The van der Waals surface area contributed by atoms with E-state index in [1.165, 1.54) is 24.3 Å². The Morgan fingerprint density at radius 3 is 1.39 bits per heavy atom. The fourth-order valence-electron chi connectivity index (χ4n) is 3.92. The molecule has 0 saturated heterocycles. The van der Waals surface area contributed by atoms with Crippen LogP contribution < -0.4 is 11.5 Å². The lowest BCUT2D eigenvalue weighted by Gasteiger charge is -2.18. The van der Waals surface area contributed by atoms with Crippen molar-refractivity contribution < 1.29 is 14.4 Å². The van der Waals surface area contributed by atoms with Crippen LogP contribution in [0, 0.1) is 34.1 Å². The van der Waals surface area contributed by atoms with E-state index >= 15 is 0 Å². The minimum Gasteiger partial charge on any atom is -0.606 e. The largest absolute Gasteiger partial charge is 0.606 e. The third-order valence-corrected chi connectivity index (χ3v) is 7.26. The van der Waals surface area contributed by atoms with E-state index < -0.39 is 21.0 Å². The number of benzene rings is 4.